The van der Waals surface area contributed by atoms with Crippen molar-refractivity contribution in [1.29, 1.82) is 0 Å². The topological polar surface area (TPSA) is 52.0 Å². The molecule has 0 aliphatic heterocycles. The number of benzene rings is 1. The largest absolute Gasteiger partial charge is 0.396 e. The maximum atomic E-state index is 12.9. The molecule has 2 nitrogen and oxygen atoms in total. The van der Waals surface area contributed by atoms with Crippen LogP contribution in [0.1, 0.15) is 12.0 Å². The lowest BCUT2D eigenvalue weighted by atomic mass is 10.1. The zero-order valence-corrected chi connectivity index (χ0v) is 7.63. The van der Waals surface area contributed by atoms with Gasteiger partial charge in [0.25, 0.3) is 0 Å². The van der Waals surface area contributed by atoms with Gasteiger partial charge in [-0.25, -0.2) is 8.78 Å². The van der Waals surface area contributed by atoms with Crippen LogP contribution in [-0.4, -0.2) is 6.54 Å². The molecule has 0 aliphatic carbocycles. The van der Waals surface area contributed by atoms with Crippen LogP contribution in [0.3, 0.4) is 0 Å². The zero-order valence-electron chi connectivity index (χ0n) is 7.63. The van der Waals surface area contributed by atoms with Gasteiger partial charge in [-0.1, -0.05) is 12.2 Å². The van der Waals surface area contributed by atoms with Gasteiger partial charge in [-0.05, 0) is 19.0 Å². The van der Waals surface area contributed by atoms with E-state index in [0.29, 0.717) is 18.5 Å². The van der Waals surface area contributed by atoms with Gasteiger partial charge in [0.15, 0.2) is 0 Å². The van der Waals surface area contributed by atoms with E-state index in [1.807, 2.05) is 0 Å². The lowest BCUT2D eigenvalue weighted by Gasteiger charge is -2.01. The van der Waals surface area contributed by atoms with Gasteiger partial charge in [0.05, 0.1) is 5.69 Å². The molecule has 0 amide bonds. The van der Waals surface area contributed by atoms with Crippen LogP contribution in [0, 0.1) is 11.6 Å². The summed E-state index contributed by atoms with van der Waals surface area (Å²) in [5, 5.41) is 0. The van der Waals surface area contributed by atoms with Gasteiger partial charge in [-0.15, -0.1) is 0 Å². The van der Waals surface area contributed by atoms with Crippen molar-refractivity contribution < 1.29 is 8.78 Å². The van der Waals surface area contributed by atoms with E-state index in [2.05, 4.69) is 0 Å². The Kier molecular flexibility index (Phi) is 3.59. The molecule has 0 saturated heterocycles. The van der Waals surface area contributed by atoms with Gasteiger partial charge in [0, 0.05) is 11.6 Å². The van der Waals surface area contributed by atoms with Crippen LogP contribution in [0.5, 0.6) is 0 Å². The Balaban J connectivity index is 2.96. The predicted octanol–water partition coefficient (Wildman–Crippen LogP) is 1.91. The Bertz CT molecular complexity index is 348. The molecule has 4 N–H and O–H groups in total. The van der Waals surface area contributed by atoms with E-state index in [-0.39, 0.29) is 5.69 Å². The van der Waals surface area contributed by atoms with E-state index in [4.69, 9.17) is 11.5 Å². The average molecular weight is 198 g/mol. The van der Waals surface area contributed by atoms with Gasteiger partial charge >= 0.3 is 0 Å². The van der Waals surface area contributed by atoms with E-state index >= 15 is 0 Å². The van der Waals surface area contributed by atoms with E-state index in [9.17, 15) is 8.78 Å². The highest BCUT2D eigenvalue weighted by Gasteiger charge is 2.04. The first-order valence-electron chi connectivity index (χ1n) is 4.26. The molecule has 76 valence electrons. The quantitative estimate of drug-likeness (QED) is 0.729. The first-order chi connectivity index (χ1) is 6.65. The summed E-state index contributed by atoms with van der Waals surface area (Å²) in [4.78, 5) is 0. The Morgan fingerprint density at radius 3 is 2.64 bits per heavy atom. The fraction of sp³-hybridized carbons (Fsp3) is 0.200. The third-order valence-corrected chi connectivity index (χ3v) is 1.76. The lowest BCUT2D eigenvalue weighted by Crippen LogP contribution is -1.97. The van der Waals surface area contributed by atoms with Crippen molar-refractivity contribution in [1.82, 2.24) is 0 Å². The highest BCUT2D eigenvalue weighted by atomic mass is 19.1. The molecule has 1 aromatic rings. The molecule has 0 saturated carbocycles. The monoisotopic (exact) mass is 198 g/mol. The van der Waals surface area contributed by atoms with Crippen LogP contribution in [0.15, 0.2) is 18.2 Å². The van der Waals surface area contributed by atoms with Crippen molar-refractivity contribution in [2.45, 2.75) is 6.42 Å². The summed E-state index contributed by atoms with van der Waals surface area (Å²) in [7, 11) is 0. The fourth-order valence-electron chi connectivity index (χ4n) is 1.05. The summed E-state index contributed by atoms with van der Waals surface area (Å²) < 4.78 is 25.7. The Labute approximate surface area is 81.2 Å². The third-order valence-electron chi connectivity index (χ3n) is 1.76. The van der Waals surface area contributed by atoms with Crippen molar-refractivity contribution in [2.24, 2.45) is 5.73 Å². The van der Waals surface area contributed by atoms with Crippen molar-refractivity contribution in [3.8, 4) is 0 Å². The van der Waals surface area contributed by atoms with Gasteiger partial charge in [-0.3, -0.25) is 0 Å². The molecule has 0 radical (unpaired) electrons. The fourth-order valence-corrected chi connectivity index (χ4v) is 1.05. The second-order valence-corrected chi connectivity index (χ2v) is 2.87. The van der Waals surface area contributed by atoms with E-state index < -0.39 is 11.6 Å². The van der Waals surface area contributed by atoms with Crippen LogP contribution in [0.25, 0.3) is 6.08 Å². The second kappa shape index (κ2) is 4.72. The third kappa shape index (κ3) is 2.53. The highest BCUT2D eigenvalue weighted by molar-refractivity contribution is 5.64. The number of halogens is 2. The number of hydrogen-bond donors (Lipinski definition) is 2. The van der Waals surface area contributed by atoms with E-state index in [0.717, 1.165) is 6.07 Å². The molecule has 0 aromatic heterocycles. The Hall–Kier alpha value is -1.42. The molecule has 0 atom stereocenters. The first kappa shape index (κ1) is 10.7. The van der Waals surface area contributed by atoms with Crippen LogP contribution in [0.4, 0.5) is 14.5 Å². The number of anilines is 1. The average Bonchev–Trinajstić information content (AvgIpc) is 2.13. The van der Waals surface area contributed by atoms with Crippen molar-refractivity contribution in [2.75, 3.05) is 12.3 Å². The Morgan fingerprint density at radius 1 is 1.29 bits per heavy atom. The van der Waals surface area contributed by atoms with Crippen LogP contribution in [0.2, 0.25) is 0 Å². The highest BCUT2D eigenvalue weighted by Crippen LogP contribution is 2.19. The number of nitrogens with two attached hydrogens (primary N) is 2. The number of nitrogen functional groups attached to an aromatic ring is 1. The molecule has 0 aliphatic rings. The summed E-state index contributed by atoms with van der Waals surface area (Å²) in [6.07, 6.45) is 3.94. The maximum Gasteiger partial charge on any atom is 0.149 e. The number of hydrogen-bond acceptors (Lipinski definition) is 2. The SMILES string of the molecule is NCCC=Cc1cc(F)cc(F)c1N. The smallest absolute Gasteiger partial charge is 0.149 e. The molecule has 0 fully saturated rings. The zero-order chi connectivity index (χ0) is 10.6. The van der Waals surface area contributed by atoms with E-state index in [1.165, 1.54) is 6.07 Å². The minimum absolute atomic E-state index is 0.0420. The summed E-state index contributed by atoms with van der Waals surface area (Å²) in [6, 6.07) is 1.95. The normalized spacial score (nSPS) is 11.1. The standard InChI is InChI=1S/C10H12F2N2/c11-8-5-7(3-1-2-4-13)10(14)9(12)6-8/h1,3,5-6H,2,4,13-14H2. The minimum atomic E-state index is -0.739. The summed E-state index contributed by atoms with van der Waals surface area (Å²) >= 11 is 0. The minimum Gasteiger partial charge on any atom is -0.396 e. The molecule has 0 unspecified atom stereocenters. The maximum absolute atomic E-state index is 12.9. The van der Waals surface area contributed by atoms with Crippen LogP contribution >= 0.6 is 0 Å². The van der Waals surface area contributed by atoms with Gasteiger partial charge in [-0.2, -0.15) is 0 Å². The molecular weight excluding hydrogens is 186 g/mol. The van der Waals surface area contributed by atoms with Gasteiger partial charge < -0.3 is 11.5 Å². The summed E-state index contributed by atoms with van der Waals surface area (Å²) in [5.41, 5.74) is 11.0. The van der Waals surface area contributed by atoms with Crippen LogP contribution < -0.4 is 11.5 Å². The molecule has 14 heavy (non-hydrogen) atoms. The summed E-state index contributed by atoms with van der Waals surface area (Å²) in [6.45, 7) is 0.494. The van der Waals surface area contributed by atoms with Crippen molar-refractivity contribution >= 4 is 11.8 Å². The molecule has 0 bridgehead atoms. The molecule has 1 rings (SSSR count). The molecule has 4 heteroatoms. The van der Waals surface area contributed by atoms with E-state index in [1.54, 1.807) is 12.2 Å². The lowest BCUT2D eigenvalue weighted by molar-refractivity contribution is 0.586. The Morgan fingerprint density at radius 2 is 2.00 bits per heavy atom. The number of rotatable bonds is 3. The second-order valence-electron chi connectivity index (χ2n) is 2.87. The van der Waals surface area contributed by atoms with Gasteiger partial charge in [0.2, 0.25) is 0 Å². The van der Waals surface area contributed by atoms with Crippen molar-refractivity contribution in [3.63, 3.8) is 0 Å². The van der Waals surface area contributed by atoms with Gasteiger partial charge in [0.1, 0.15) is 11.6 Å². The molecule has 1 aromatic carbocycles. The first-order valence-corrected chi connectivity index (χ1v) is 4.26. The molecule has 0 spiro atoms. The van der Waals surface area contributed by atoms with Crippen molar-refractivity contribution in [3.05, 3.63) is 35.4 Å². The molecule has 0 heterocycles. The summed E-state index contributed by atoms with van der Waals surface area (Å²) in [5.74, 6) is -1.37. The van der Waals surface area contributed by atoms with Crippen LogP contribution in [-0.2, 0) is 0 Å². The predicted molar refractivity (Wildman–Crippen MR) is 53.5 cm³/mol. The molecular formula is C10H12F2N2.